The van der Waals surface area contributed by atoms with Crippen LogP contribution < -0.4 is 15.0 Å². The van der Waals surface area contributed by atoms with E-state index in [9.17, 15) is 4.79 Å². The van der Waals surface area contributed by atoms with E-state index in [2.05, 4.69) is 90.4 Å². The maximum absolute atomic E-state index is 13.2. The third-order valence-corrected chi connectivity index (χ3v) is 14.6. The van der Waals surface area contributed by atoms with Crippen molar-refractivity contribution in [3.63, 3.8) is 0 Å². The Hall–Kier alpha value is -6.17. The molecule has 3 fully saturated rings. The van der Waals surface area contributed by atoms with E-state index in [1.54, 1.807) is 48.1 Å². The van der Waals surface area contributed by atoms with Gasteiger partial charge in [-0.1, -0.05) is 47.5 Å². The highest BCUT2D eigenvalue weighted by atomic mass is 35.5. The number of hydrogen-bond acceptors (Lipinski definition) is 12. The zero-order chi connectivity index (χ0) is 43.2. The number of ether oxygens (including phenoxy) is 1. The van der Waals surface area contributed by atoms with Gasteiger partial charge in [-0.3, -0.25) is 14.4 Å². The summed E-state index contributed by atoms with van der Waals surface area (Å²) in [6.07, 6.45) is 13.7. The summed E-state index contributed by atoms with van der Waals surface area (Å²) in [6.45, 7) is 8.18. The molecule has 6 heterocycles. The van der Waals surface area contributed by atoms with Crippen molar-refractivity contribution in [1.29, 1.82) is 5.26 Å². The van der Waals surface area contributed by atoms with Crippen LogP contribution in [0.3, 0.4) is 0 Å². The van der Waals surface area contributed by atoms with E-state index in [0.29, 0.717) is 34.3 Å². The first-order valence-corrected chi connectivity index (χ1v) is 22.9. The number of nitrogens with one attached hydrogen (secondary N) is 1. The lowest BCUT2D eigenvalue weighted by Crippen LogP contribution is -2.48. The number of nitrogens with zero attached hydrogens (tertiary/aromatic N) is 9. The van der Waals surface area contributed by atoms with Crippen LogP contribution in [0.5, 0.6) is 5.75 Å². The summed E-state index contributed by atoms with van der Waals surface area (Å²) in [7, 11) is 0. The highest BCUT2D eigenvalue weighted by molar-refractivity contribution is 7.15. The number of carbonyl (C=O) groups excluding carboxylic acids is 1. The summed E-state index contributed by atoms with van der Waals surface area (Å²) >= 11 is 7.93. The molecule has 0 bridgehead atoms. The second-order valence-corrected chi connectivity index (χ2v) is 19.0. The van der Waals surface area contributed by atoms with Gasteiger partial charge in [-0.15, -0.1) is 31.7 Å². The van der Waals surface area contributed by atoms with Crippen LogP contribution in [0.4, 0.5) is 5.82 Å². The molecular formula is C48H47ClN10O3S. The van der Waals surface area contributed by atoms with E-state index in [-0.39, 0.29) is 29.5 Å². The number of amides is 1. The van der Waals surface area contributed by atoms with Gasteiger partial charge in [0.05, 0.1) is 35.0 Å². The Kier molecular flexibility index (Phi) is 10.9. The fourth-order valence-electron chi connectivity index (χ4n) is 9.77. The first-order chi connectivity index (χ1) is 30.6. The number of piperidine rings is 1. The lowest BCUT2D eigenvalue weighted by atomic mass is 9.61. The highest BCUT2D eigenvalue weighted by Crippen LogP contribution is 2.52. The van der Waals surface area contributed by atoms with Gasteiger partial charge in [0.15, 0.2) is 23.2 Å². The molecule has 1 N–H and O–H groups in total. The number of anilines is 1. The number of hydrogen-bond donors (Lipinski definition) is 1. The molecule has 2 saturated carbocycles. The highest BCUT2D eigenvalue weighted by Gasteiger charge is 2.44. The molecule has 2 aliphatic carbocycles. The van der Waals surface area contributed by atoms with Gasteiger partial charge in [0.2, 0.25) is 0 Å². The second kappa shape index (κ2) is 16.8. The number of fused-ring (bicyclic) bond motifs is 3. The number of aromatic nitrogens is 6. The third-order valence-electron chi connectivity index (χ3n) is 13.1. The monoisotopic (exact) mass is 878 g/mol. The van der Waals surface area contributed by atoms with E-state index >= 15 is 0 Å². The Morgan fingerprint density at radius 1 is 1.05 bits per heavy atom. The number of benzene rings is 2. The van der Waals surface area contributed by atoms with Gasteiger partial charge in [0.25, 0.3) is 5.91 Å². The zero-order valence-corrected chi connectivity index (χ0v) is 37.0. The topological polar surface area (TPSA) is 160 Å². The lowest BCUT2D eigenvalue weighted by Gasteiger charge is -2.50. The van der Waals surface area contributed by atoms with Gasteiger partial charge < -0.3 is 19.4 Å². The van der Waals surface area contributed by atoms with Crippen LogP contribution >= 0.6 is 22.9 Å². The van der Waals surface area contributed by atoms with Crippen molar-refractivity contribution in [2.24, 2.45) is 10.4 Å². The molecular weight excluding hydrogens is 832 g/mol. The van der Waals surface area contributed by atoms with Gasteiger partial charge in [-0.25, -0.2) is 4.98 Å². The fraction of sp³-hybridized carbons (Fsp3) is 0.375. The van der Waals surface area contributed by atoms with Gasteiger partial charge in [-0.2, -0.15) is 5.26 Å². The number of carbonyl (C=O) groups is 1. The van der Waals surface area contributed by atoms with Crippen LogP contribution in [-0.2, 0) is 6.42 Å². The molecule has 0 unspecified atom stereocenters. The number of halogens is 1. The number of oxazole rings is 1. The Bertz CT molecular complexity index is 2770. The second-order valence-electron chi connectivity index (χ2n) is 17.4. The first-order valence-electron chi connectivity index (χ1n) is 21.7. The third kappa shape index (κ3) is 8.16. The lowest BCUT2D eigenvalue weighted by molar-refractivity contribution is 0.0888. The molecule has 2 aliphatic heterocycles. The van der Waals surface area contributed by atoms with E-state index < -0.39 is 0 Å². The Labute approximate surface area is 374 Å². The van der Waals surface area contributed by atoms with E-state index in [1.807, 2.05) is 13.0 Å². The minimum atomic E-state index is -0.308. The molecule has 4 aromatic heterocycles. The van der Waals surface area contributed by atoms with Crippen LogP contribution in [0.1, 0.15) is 118 Å². The van der Waals surface area contributed by atoms with Crippen LogP contribution in [0.25, 0.3) is 11.1 Å². The standard InChI is InChI=1S/C48H47ClN10O3S/c1-28-29(2)63-47-43(28)44(53-40(23-42-51-18-20-61-42)45-57-54-30(3)59(45)47)33-7-5-31(6-8-33)21-32-24-48(25-32)17-4-19-58(27-48)41-16-15-39(55-56-41)46(60)52-35-10-13-36(14-11-35)62-37-12-9-34(26-50)38(49)22-37/h5-9,12,15-16,18,20-22,35-36,40H,4,10-11,13-14,17,19,23-25,27H2,1-3H3,(H,52,60)/t35?,36?,40-,48?/m0/s1. The van der Waals surface area contributed by atoms with E-state index in [1.165, 1.54) is 28.0 Å². The molecule has 15 heteroatoms. The number of nitriles is 1. The average Bonchev–Trinajstić information content (AvgIpc) is 3.99. The number of allylic oxidation sites excluding steroid dienone is 1. The smallest absolute Gasteiger partial charge is 0.272 e. The molecule has 1 amide bonds. The molecule has 63 heavy (non-hydrogen) atoms. The number of thiophene rings is 1. The van der Waals surface area contributed by atoms with Crippen molar-refractivity contribution < 1.29 is 13.9 Å². The molecule has 4 aliphatic rings. The van der Waals surface area contributed by atoms with Gasteiger partial charge >= 0.3 is 0 Å². The maximum Gasteiger partial charge on any atom is 0.272 e. The van der Waals surface area contributed by atoms with Crippen LogP contribution in [0.15, 0.2) is 82.0 Å². The Balaban J connectivity index is 0.759. The molecule has 320 valence electrons. The summed E-state index contributed by atoms with van der Waals surface area (Å²) < 4.78 is 13.9. The van der Waals surface area contributed by atoms with Gasteiger partial charge in [0.1, 0.15) is 34.9 Å². The number of rotatable bonds is 9. The van der Waals surface area contributed by atoms with Crippen LogP contribution in [0, 0.1) is 37.5 Å². The van der Waals surface area contributed by atoms with Crippen molar-refractivity contribution in [2.45, 2.75) is 96.7 Å². The molecule has 1 atom stereocenters. The van der Waals surface area contributed by atoms with E-state index in [0.717, 1.165) is 97.3 Å². The molecule has 6 aromatic rings. The summed E-state index contributed by atoms with van der Waals surface area (Å²) in [6, 6.07) is 19.5. The molecule has 2 aromatic carbocycles. The van der Waals surface area contributed by atoms with Crippen LogP contribution in [-0.4, -0.2) is 66.8 Å². The van der Waals surface area contributed by atoms with Crippen molar-refractivity contribution >= 4 is 46.5 Å². The summed E-state index contributed by atoms with van der Waals surface area (Å²) in [5.41, 5.74) is 7.97. The average molecular weight is 879 g/mol. The summed E-state index contributed by atoms with van der Waals surface area (Å²) in [5.74, 6) is 3.51. The number of aryl methyl sites for hydroxylation is 2. The van der Waals surface area contributed by atoms with Gasteiger partial charge in [-0.05, 0) is 113 Å². The molecule has 1 spiro atoms. The maximum atomic E-state index is 13.2. The SMILES string of the molecule is Cc1sc2c(c1C)C(c1ccc(C=C3CC4(CCCN(c5ccc(C(=O)NC6CCC(Oc7ccc(C#N)c(Cl)c7)CC6)nn5)C4)C3)cc1)=N[C@@H](Cc1ncco1)c1nnc(C)n1-2. The molecule has 13 nitrogen and oxygen atoms in total. The Morgan fingerprint density at radius 3 is 2.60 bits per heavy atom. The minimum Gasteiger partial charge on any atom is -0.490 e. The Morgan fingerprint density at radius 2 is 1.87 bits per heavy atom. The first kappa shape index (κ1) is 40.9. The van der Waals surface area contributed by atoms with Crippen molar-refractivity contribution in [3.05, 3.63) is 134 Å². The molecule has 10 rings (SSSR count). The molecule has 1 saturated heterocycles. The fourth-order valence-corrected chi connectivity index (χ4v) is 11.2. The molecule has 0 radical (unpaired) electrons. The van der Waals surface area contributed by atoms with Crippen molar-refractivity contribution in [2.75, 3.05) is 18.0 Å². The normalized spacial score (nSPS) is 21.7. The van der Waals surface area contributed by atoms with Crippen LogP contribution in [0.2, 0.25) is 5.02 Å². The zero-order valence-electron chi connectivity index (χ0n) is 35.5. The van der Waals surface area contributed by atoms with E-state index in [4.69, 9.17) is 31.0 Å². The summed E-state index contributed by atoms with van der Waals surface area (Å²) in [5, 5.41) is 31.7. The minimum absolute atomic E-state index is 0.0295. The van der Waals surface area contributed by atoms with Crippen molar-refractivity contribution in [1.82, 2.24) is 35.3 Å². The largest absolute Gasteiger partial charge is 0.490 e. The predicted octanol–water partition coefficient (Wildman–Crippen LogP) is 9.28. The predicted molar refractivity (Wildman–Crippen MR) is 242 cm³/mol. The number of aliphatic imine (C=N–C) groups is 1. The van der Waals surface area contributed by atoms with Gasteiger partial charge in [0, 0.05) is 41.2 Å². The van der Waals surface area contributed by atoms with Crippen molar-refractivity contribution in [3.8, 4) is 16.8 Å². The quantitative estimate of drug-likeness (QED) is 0.148. The summed E-state index contributed by atoms with van der Waals surface area (Å²) in [4.78, 5) is 26.6.